The SMILES string of the molecule is COc1ccc(CCNc2nc(Nc3nc4ccccc4n3C)nc3c2ncn3C2CCCCC2)cc1. The Morgan fingerprint density at radius 2 is 1.78 bits per heavy atom. The van der Waals surface area contributed by atoms with Gasteiger partial charge >= 0.3 is 0 Å². The molecule has 3 aromatic heterocycles. The van der Waals surface area contributed by atoms with E-state index >= 15 is 0 Å². The van der Waals surface area contributed by atoms with Gasteiger partial charge in [-0.05, 0) is 49.1 Å². The molecule has 9 heteroatoms. The first-order chi connectivity index (χ1) is 18.2. The lowest BCUT2D eigenvalue weighted by molar-refractivity contribution is 0.358. The van der Waals surface area contributed by atoms with Crippen LogP contribution in [0.15, 0.2) is 54.9 Å². The summed E-state index contributed by atoms with van der Waals surface area (Å²) in [6.07, 6.45) is 8.89. The number of hydrogen-bond donors (Lipinski definition) is 2. The van der Waals surface area contributed by atoms with Crippen molar-refractivity contribution < 1.29 is 4.74 Å². The molecule has 1 saturated carbocycles. The maximum absolute atomic E-state index is 5.28. The second kappa shape index (κ2) is 10.1. The Morgan fingerprint density at radius 3 is 2.57 bits per heavy atom. The van der Waals surface area contributed by atoms with Crippen molar-refractivity contribution in [2.75, 3.05) is 24.3 Å². The minimum atomic E-state index is 0.421. The number of hydrogen-bond acceptors (Lipinski definition) is 7. The van der Waals surface area contributed by atoms with E-state index in [1.165, 1.54) is 24.8 Å². The Hall–Kier alpha value is -4.14. The molecule has 0 saturated heterocycles. The Balaban J connectivity index is 1.32. The van der Waals surface area contributed by atoms with Crippen LogP contribution in [0, 0.1) is 0 Å². The van der Waals surface area contributed by atoms with Gasteiger partial charge < -0.3 is 19.2 Å². The molecule has 0 amide bonds. The predicted octanol–water partition coefficient (Wildman–Crippen LogP) is 5.63. The number of anilines is 3. The van der Waals surface area contributed by atoms with E-state index in [-0.39, 0.29) is 0 Å². The van der Waals surface area contributed by atoms with Crippen molar-refractivity contribution >= 4 is 39.9 Å². The second-order valence-electron chi connectivity index (χ2n) is 9.64. The number of aryl methyl sites for hydroxylation is 1. The number of nitrogens with one attached hydrogen (secondary N) is 2. The van der Waals surface area contributed by atoms with Gasteiger partial charge in [-0.15, -0.1) is 0 Å². The van der Waals surface area contributed by atoms with Gasteiger partial charge in [-0.2, -0.15) is 9.97 Å². The smallest absolute Gasteiger partial charge is 0.233 e. The van der Waals surface area contributed by atoms with Crippen molar-refractivity contribution in [3.8, 4) is 5.75 Å². The number of ether oxygens (including phenoxy) is 1. The van der Waals surface area contributed by atoms with Crippen LogP contribution >= 0.6 is 0 Å². The summed E-state index contributed by atoms with van der Waals surface area (Å²) in [6, 6.07) is 16.7. The molecule has 2 N–H and O–H groups in total. The zero-order chi connectivity index (χ0) is 25.2. The third kappa shape index (κ3) is 4.69. The molecule has 0 radical (unpaired) electrons. The van der Waals surface area contributed by atoms with Crippen LogP contribution in [-0.4, -0.2) is 42.7 Å². The first-order valence-electron chi connectivity index (χ1n) is 13.0. The number of nitrogens with zero attached hydrogens (tertiary/aromatic N) is 6. The Bertz CT molecular complexity index is 1520. The van der Waals surface area contributed by atoms with Crippen LogP contribution in [0.2, 0.25) is 0 Å². The summed E-state index contributed by atoms with van der Waals surface area (Å²) in [7, 11) is 3.68. The number of methoxy groups -OCH3 is 1. The van der Waals surface area contributed by atoms with E-state index in [0.29, 0.717) is 17.9 Å². The average Bonchev–Trinajstić information content (AvgIpc) is 3.51. The third-order valence-electron chi connectivity index (χ3n) is 7.27. The molecule has 0 atom stereocenters. The van der Waals surface area contributed by atoms with Crippen LogP contribution in [0.1, 0.15) is 43.7 Å². The highest BCUT2D eigenvalue weighted by molar-refractivity contribution is 5.85. The number of fused-ring (bicyclic) bond motifs is 2. The lowest BCUT2D eigenvalue weighted by Gasteiger charge is -2.23. The largest absolute Gasteiger partial charge is 0.497 e. The molecule has 6 rings (SSSR count). The summed E-state index contributed by atoms with van der Waals surface area (Å²) >= 11 is 0. The molecule has 1 fully saturated rings. The highest BCUT2D eigenvalue weighted by Gasteiger charge is 2.21. The van der Waals surface area contributed by atoms with E-state index in [0.717, 1.165) is 59.6 Å². The summed E-state index contributed by atoms with van der Waals surface area (Å²) in [5, 5.41) is 6.89. The van der Waals surface area contributed by atoms with Gasteiger partial charge in [0.05, 0.1) is 24.5 Å². The highest BCUT2D eigenvalue weighted by atomic mass is 16.5. The van der Waals surface area contributed by atoms with Crippen LogP contribution < -0.4 is 15.4 Å². The summed E-state index contributed by atoms with van der Waals surface area (Å²) in [6.45, 7) is 0.723. The molecule has 5 aromatic rings. The molecule has 0 spiro atoms. The fraction of sp³-hybridized carbons (Fsp3) is 0.357. The number of imidazole rings is 2. The topological polar surface area (TPSA) is 94.7 Å². The first-order valence-corrected chi connectivity index (χ1v) is 13.0. The molecule has 190 valence electrons. The fourth-order valence-electron chi connectivity index (χ4n) is 5.20. The van der Waals surface area contributed by atoms with E-state index in [1.54, 1.807) is 7.11 Å². The van der Waals surface area contributed by atoms with Crippen molar-refractivity contribution in [3.63, 3.8) is 0 Å². The van der Waals surface area contributed by atoms with E-state index in [9.17, 15) is 0 Å². The Labute approximate surface area is 215 Å². The van der Waals surface area contributed by atoms with Crippen molar-refractivity contribution in [2.24, 2.45) is 7.05 Å². The molecular weight excluding hydrogens is 464 g/mol. The fourth-order valence-corrected chi connectivity index (χ4v) is 5.20. The molecule has 3 heterocycles. The van der Waals surface area contributed by atoms with Gasteiger partial charge in [-0.3, -0.25) is 5.32 Å². The average molecular weight is 497 g/mol. The molecule has 37 heavy (non-hydrogen) atoms. The molecule has 1 aliphatic rings. The van der Waals surface area contributed by atoms with Crippen LogP contribution in [0.3, 0.4) is 0 Å². The van der Waals surface area contributed by atoms with Gasteiger partial charge in [0.2, 0.25) is 11.9 Å². The maximum atomic E-state index is 5.28. The minimum absolute atomic E-state index is 0.421. The van der Waals surface area contributed by atoms with E-state index in [2.05, 4.69) is 33.4 Å². The summed E-state index contributed by atoms with van der Waals surface area (Å²) in [5.41, 5.74) is 4.87. The van der Waals surface area contributed by atoms with E-state index in [4.69, 9.17) is 24.7 Å². The monoisotopic (exact) mass is 496 g/mol. The standard InChI is InChI=1S/C28H32N8O/c1-35-23-11-7-6-10-22(23)31-28(35)34-27-32-25(29-17-16-19-12-14-21(37-2)15-13-19)24-26(33-27)36(18-30-24)20-8-4-3-5-9-20/h6-7,10-15,18,20H,3-5,8-9,16-17H2,1-2H3,(H2,29,31,32,33,34). The highest BCUT2D eigenvalue weighted by Crippen LogP contribution is 2.32. The van der Waals surface area contributed by atoms with Crippen LogP contribution in [0.4, 0.5) is 17.7 Å². The van der Waals surface area contributed by atoms with Gasteiger partial charge in [-0.25, -0.2) is 9.97 Å². The normalized spacial score (nSPS) is 14.3. The van der Waals surface area contributed by atoms with Crippen molar-refractivity contribution in [2.45, 2.75) is 44.6 Å². The van der Waals surface area contributed by atoms with Gasteiger partial charge in [-0.1, -0.05) is 43.5 Å². The van der Waals surface area contributed by atoms with Crippen LogP contribution in [-0.2, 0) is 13.5 Å². The first kappa shape index (κ1) is 23.3. The maximum Gasteiger partial charge on any atom is 0.233 e. The summed E-state index contributed by atoms with van der Waals surface area (Å²) in [5.74, 6) is 2.80. The number of aromatic nitrogens is 6. The summed E-state index contributed by atoms with van der Waals surface area (Å²) < 4.78 is 9.54. The van der Waals surface area contributed by atoms with Gasteiger partial charge in [0.1, 0.15) is 5.75 Å². The quantitative estimate of drug-likeness (QED) is 0.288. The zero-order valence-corrected chi connectivity index (χ0v) is 21.3. The van der Waals surface area contributed by atoms with Crippen molar-refractivity contribution in [1.82, 2.24) is 29.1 Å². The molecule has 9 nitrogen and oxygen atoms in total. The second-order valence-corrected chi connectivity index (χ2v) is 9.64. The van der Waals surface area contributed by atoms with Crippen LogP contribution in [0.25, 0.3) is 22.2 Å². The van der Waals surface area contributed by atoms with Gasteiger partial charge in [0.15, 0.2) is 17.0 Å². The minimum Gasteiger partial charge on any atom is -0.497 e. The molecular formula is C28H32N8O. The van der Waals surface area contributed by atoms with Crippen LogP contribution in [0.5, 0.6) is 5.75 Å². The molecule has 1 aliphatic carbocycles. The third-order valence-corrected chi connectivity index (χ3v) is 7.27. The number of benzene rings is 2. The van der Waals surface area contributed by atoms with Crippen molar-refractivity contribution in [3.05, 3.63) is 60.4 Å². The van der Waals surface area contributed by atoms with Gasteiger partial charge in [0.25, 0.3) is 0 Å². The summed E-state index contributed by atoms with van der Waals surface area (Å²) in [4.78, 5) is 19.3. The predicted molar refractivity (Wildman–Crippen MR) is 147 cm³/mol. The molecule has 0 bridgehead atoms. The Morgan fingerprint density at radius 1 is 0.973 bits per heavy atom. The number of para-hydroxylation sites is 2. The van der Waals surface area contributed by atoms with E-state index < -0.39 is 0 Å². The molecule has 2 aromatic carbocycles. The van der Waals surface area contributed by atoms with E-state index in [1.807, 2.05) is 48.3 Å². The lowest BCUT2D eigenvalue weighted by Crippen LogP contribution is -2.14. The number of rotatable bonds is 8. The van der Waals surface area contributed by atoms with Crippen molar-refractivity contribution in [1.29, 1.82) is 0 Å². The molecule has 0 unspecified atom stereocenters. The van der Waals surface area contributed by atoms with Gasteiger partial charge in [0, 0.05) is 19.6 Å². The Kier molecular flexibility index (Phi) is 6.34. The molecule has 0 aliphatic heterocycles. The lowest BCUT2D eigenvalue weighted by atomic mass is 9.95. The zero-order valence-electron chi connectivity index (χ0n) is 21.3.